The van der Waals surface area contributed by atoms with E-state index in [2.05, 4.69) is 10.9 Å². The zero-order valence-electron chi connectivity index (χ0n) is 13.9. The number of nitrogens with one attached hydrogen (secondary N) is 2. The van der Waals surface area contributed by atoms with Gasteiger partial charge in [-0.15, -0.1) is 0 Å². The molecule has 0 saturated carbocycles. The number of ether oxygens (including phenoxy) is 1. The van der Waals surface area contributed by atoms with Crippen LogP contribution in [0.15, 0.2) is 52.9 Å². The number of hydrazine groups is 1. The molecule has 0 fully saturated rings. The Hall–Kier alpha value is -3.79. The Morgan fingerprint density at radius 3 is 2.62 bits per heavy atom. The monoisotopic (exact) mass is 349 g/mol. The summed E-state index contributed by atoms with van der Waals surface area (Å²) in [5.41, 5.74) is 6.15. The highest BCUT2D eigenvalue weighted by Crippen LogP contribution is 2.24. The molecule has 2 aromatic carbocycles. The quantitative estimate of drug-likeness (QED) is 0.704. The predicted octanol–water partition coefficient (Wildman–Crippen LogP) is 2.45. The average molecular weight is 349 g/mol. The zero-order valence-corrected chi connectivity index (χ0v) is 13.9. The van der Waals surface area contributed by atoms with Crippen molar-refractivity contribution >= 4 is 22.8 Å². The van der Waals surface area contributed by atoms with Crippen molar-refractivity contribution in [3.05, 3.63) is 65.4 Å². The maximum atomic E-state index is 12.2. The molecule has 1 aromatic heterocycles. The lowest BCUT2D eigenvalue weighted by molar-refractivity contribution is -0.123. The van der Waals surface area contributed by atoms with Gasteiger partial charge in [-0.3, -0.25) is 20.4 Å². The van der Waals surface area contributed by atoms with Crippen molar-refractivity contribution in [3.63, 3.8) is 0 Å². The Kier molecular flexibility index (Phi) is 4.85. The molecule has 130 valence electrons. The van der Waals surface area contributed by atoms with Crippen molar-refractivity contribution in [2.45, 2.75) is 6.92 Å². The van der Waals surface area contributed by atoms with E-state index in [0.29, 0.717) is 22.5 Å². The van der Waals surface area contributed by atoms with Gasteiger partial charge in [-0.2, -0.15) is 5.26 Å². The molecule has 0 radical (unpaired) electrons. The van der Waals surface area contributed by atoms with E-state index in [4.69, 9.17) is 14.4 Å². The van der Waals surface area contributed by atoms with Gasteiger partial charge >= 0.3 is 5.91 Å². The number of nitriles is 1. The standard InChI is InChI=1S/C19H15N3O4/c1-12-14-7-3-5-9-16(14)26-18(12)19(24)22-21-17(23)11-25-15-8-4-2-6-13(15)10-20/h2-9H,11H2,1H3,(H,21,23)(H,22,24). The minimum atomic E-state index is -0.570. The van der Waals surface area contributed by atoms with Crippen LogP contribution in [-0.4, -0.2) is 18.4 Å². The summed E-state index contributed by atoms with van der Waals surface area (Å²) in [5, 5.41) is 9.81. The first kappa shape index (κ1) is 17.0. The Bertz CT molecular complexity index is 1020. The van der Waals surface area contributed by atoms with E-state index in [-0.39, 0.29) is 12.4 Å². The van der Waals surface area contributed by atoms with Crippen molar-refractivity contribution in [1.29, 1.82) is 5.26 Å². The largest absolute Gasteiger partial charge is 0.482 e. The first-order valence-electron chi connectivity index (χ1n) is 7.79. The number of aryl methyl sites for hydroxylation is 1. The summed E-state index contributed by atoms with van der Waals surface area (Å²) >= 11 is 0. The lowest BCUT2D eigenvalue weighted by atomic mass is 10.1. The lowest BCUT2D eigenvalue weighted by Crippen LogP contribution is -2.43. The van der Waals surface area contributed by atoms with Gasteiger partial charge in [-0.1, -0.05) is 30.3 Å². The fourth-order valence-electron chi connectivity index (χ4n) is 2.44. The van der Waals surface area contributed by atoms with Crippen LogP contribution >= 0.6 is 0 Å². The Labute approximate surface area is 149 Å². The molecule has 0 aliphatic carbocycles. The molecule has 7 heteroatoms. The van der Waals surface area contributed by atoms with Crippen LogP contribution in [0, 0.1) is 18.3 Å². The van der Waals surface area contributed by atoms with Crippen LogP contribution in [0.5, 0.6) is 5.75 Å². The number of hydrogen-bond donors (Lipinski definition) is 2. The maximum absolute atomic E-state index is 12.2. The predicted molar refractivity (Wildman–Crippen MR) is 93.2 cm³/mol. The molecule has 0 unspecified atom stereocenters. The van der Waals surface area contributed by atoms with E-state index in [1.807, 2.05) is 24.3 Å². The number of hydrogen-bond acceptors (Lipinski definition) is 5. The van der Waals surface area contributed by atoms with E-state index in [0.717, 1.165) is 5.39 Å². The third-order valence-electron chi connectivity index (χ3n) is 3.73. The van der Waals surface area contributed by atoms with Gasteiger partial charge in [-0.05, 0) is 25.1 Å². The summed E-state index contributed by atoms with van der Waals surface area (Å²) in [5.74, 6) is -0.712. The average Bonchev–Trinajstić information content (AvgIpc) is 3.01. The zero-order chi connectivity index (χ0) is 18.5. The second-order valence-electron chi connectivity index (χ2n) is 5.45. The summed E-state index contributed by atoms with van der Waals surface area (Å²) in [7, 11) is 0. The molecule has 0 atom stereocenters. The first-order chi connectivity index (χ1) is 12.6. The molecule has 0 saturated heterocycles. The highest BCUT2D eigenvalue weighted by molar-refractivity contribution is 5.99. The Morgan fingerprint density at radius 2 is 1.85 bits per heavy atom. The van der Waals surface area contributed by atoms with Crippen molar-refractivity contribution in [1.82, 2.24) is 10.9 Å². The first-order valence-corrected chi connectivity index (χ1v) is 7.79. The van der Waals surface area contributed by atoms with Gasteiger partial charge in [0.25, 0.3) is 5.91 Å². The molecule has 0 aliphatic rings. The van der Waals surface area contributed by atoms with Gasteiger partial charge < -0.3 is 9.15 Å². The van der Waals surface area contributed by atoms with Gasteiger partial charge in [0.2, 0.25) is 0 Å². The molecule has 26 heavy (non-hydrogen) atoms. The highest BCUT2D eigenvalue weighted by atomic mass is 16.5. The number of fused-ring (bicyclic) bond motifs is 1. The number of para-hydroxylation sites is 2. The number of carbonyl (C=O) groups excluding carboxylic acids is 2. The van der Waals surface area contributed by atoms with Gasteiger partial charge in [0.1, 0.15) is 17.4 Å². The number of nitrogens with zero attached hydrogens (tertiary/aromatic N) is 1. The third kappa shape index (κ3) is 3.49. The van der Waals surface area contributed by atoms with Crippen LogP contribution in [0.4, 0.5) is 0 Å². The molecular weight excluding hydrogens is 334 g/mol. The lowest BCUT2D eigenvalue weighted by Gasteiger charge is -2.09. The molecule has 3 rings (SSSR count). The number of rotatable bonds is 4. The fourth-order valence-corrected chi connectivity index (χ4v) is 2.44. The smallest absolute Gasteiger partial charge is 0.305 e. The summed E-state index contributed by atoms with van der Waals surface area (Å²) < 4.78 is 10.8. The molecule has 2 amide bonds. The molecule has 7 nitrogen and oxygen atoms in total. The summed E-state index contributed by atoms with van der Waals surface area (Å²) in [4.78, 5) is 24.1. The second-order valence-corrected chi connectivity index (χ2v) is 5.45. The van der Waals surface area contributed by atoms with E-state index in [1.165, 1.54) is 0 Å². The van der Waals surface area contributed by atoms with Gasteiger partial charge in [-0.25, -0.2) is 0 Å². The molecule has 0 bridgehead atoms. The number of furan rings is 1. The van der Waals surface area contributed by atoms with Gasteiger partial charge in [0, 0.05) is 10.9 Å². The molecule has 0 aliphatic heterocycles. The summed E-state index contributed by atoms with van der Waals surface area (Å²) in [6.45, 7) is 1.42. The Balaban J connectivity index is 1.58. The topological polar surface area (TPSA) is 104 Å². The highest BCUT2D eigenvalue weighted by Gasteiger charge is 2.18. The van der Waals surface area contributed by atoms with Crippen LogP contribution in [0.3, 0.4) is 0 Å². The molecule has 0 spiro atoms. The molecule has 1 heterocycles. The van der Waals surface area contributed by atoms with Crippen LogP contribution in [-0.2, 0) is 4.79 Å². The fraction of sp³-hybridized carbons (Fsp3) is 0.105. The normalized spacial score (nSPS) is 10.2. The summed E-state index contributed by atoms with van der Waals surface area (Å²) in [6.07, 6.45) is 0. The van der Waals surface area contributed by atoms with Crippen molar-refractivity contribution in [2.75, 3.05) is 6.61 Å². The number of amides is 2. The van der Waals surface area contributed by atoms with Gasteiger partial charge in [0.15, 0.2) is 12.4 Å². The van der Waals surface area contributed by atoms with Crippen molar-refractivity contribution in [2.24, 2.45) is 0 Å². The van der Waals surface area contributed by atoms with Crippen LogP contribution in [0.2, 0.25) is 0 Å². The van der Waals surface area contributed by atoms with E-state index >= 15 is 0 Å². The third-order valence-corrected chi connectivity index (χ3v) is 3.73. The van der Waals surface area contributed by atoms with Crippen LogP contribution in [0.1, 0.15) is 21.7 Å². The second kappa shape index (κ2) is 7.40. The summed E-state index contributed by atoms with van der Waals surface area (Å²) in [6, 6.07) is 15.8. The Morgan fingerprint density at radius 1 is 1.12 bits per heavy atom. The van der Waals surface area contributed by atoms with E-state index in [9.17, 15) is 9.59 Å². The number of carbonyl (C=O) groups is 2. The van der Waals surface area contributed by atoms with Crippen LogP contribution < -0.4 is 15.6 Å². The van der Waals surface area contributed by atoms with Gasteiger partial charge in [0.05, 0.1) is 5.56 Å². The van der Waals surface area contributed by atoms with Crippen LogP contribution in [0.25, 0.3) is 11.0 Å². The maximum Gasteiger partial charge on any atom is 0.305 e. The van der Waals surface area contributed by atoms with E-state index in [1.54, 1.807) is 37.3 Å². The minimum Gasteiger partial charge on any atom is -0.482 e. The number of benzene rings is 2. The molecular formula is C19H15N3O4. The minimum absolute atomic E-state index is 0.127. The molecule has 2 N–H and O–H groups in total. The molecule has 3 aromatic rings. The SMILES string of the molecule is Cc1c(C(=O)NNC(=O)COc2ccccc2C#N)oc2ccccc12. The van der Waals surface area contributed by atoms with Crippen molar-refractivity contribution in [3.8, 4) is 11.8 Å². The van der Waals surface area contributed by atoms with Crippen molar-refractivity contribution < 1.29 is 18.7 Å². The van der Waals surface area contributed by atoms with E-state index < -0.39 is 11.8 Å².